The number of aromatic nitrogens is 2. The summed E-state index contributed by atoms with van der Waals surface area (Å²) in [6.45, 7) is 3.46. The number of para-hydroxylation sites is 1. The number of carbonyl (C=O) groups is 2. The van der Waals surface area contributed by atoms with Crippen molar-refractivity contribution in [3.05, 3.63) is 116 Å². The first kappa shape index (κ1) is 33.3. The summed E-state index contributed by atoms with van der Waals surface area (Å²) in [5, 5.41) is 5.60. The van der Waals surface area contributed by atoms with Gasteiger partial charge in [-0.05, 0) is 80.2 Å². The predicted octanol–water partition coefficient (Wildman–Crippen LogP) is 4.13. The smallest absolute Gasteiger partial charge is 0.336 e. The normalized spacial score (nSPS) is 14.0. The van der Waals surface area contributed by atoms with Gasteiger partial charge in [0.15, 0.2) is 4.77 Å². The van der Waals surface area contributed by atoms with Crippen LogP contribution < -0.4 is 15.4 Å². The minimum Gasteiger partial charge on any atom is -0.497 e. The zero-order valence-electron chi connectivity index (χ0n) is 26.2. The van der Waals surface area contributed by atoms with Crippen molar-refractivity contribution in [3.63, 3.8) is 0 Å². The van der Waals surface area contributed by atoms with Crippen molar-refractivity contribution in [2.45, 2.75) is 31.3 Å². The van der Waals surface area contributed by atoms with E-state index in [0.29, 0.717) is 39.3 Å². The number of sulfonamides is 1. The van der Waals surface area contributed by atoms with Crippen LogP contribution >= 0.6 is 12.2 Å². The lowest BCUT2D eigenvalue weighted by atomic mass is 9.79. The molecule has 0 unspecified atom stereocenters. The van der Waals surface area contributed by atoms with Gasteiger partial charge in [0, 0.05) is 11.4 Å². The number of nitrogens with zero attached hydrogens (tertiary/aromatic N) is 3. The number of allylic oxidation sites excluding steroid dienone is 2. The van der Waals surface area contributed by atoms with Gasteiger partial charge in [0.25, 0.3) is 5.56 Å². The van der Waals surface area contributed by atoms with Crippen molar-refractivity contribution in [1.29, 1.82) is 0 Å². The molecule has 0 amide bonds. The summed E-state index contributed by atoms with van der Waals surface area (Å²) >= 11 is 5.90. The maximum absolute atomic E-state index is 13.8. The third kappa shape index (κ3) is 5.98. The quantitative estimate of drug-likeness (QED) is 0.213. The Bertz CT molecular complexity index is 2160. The van der Waals surface area contributed by atoms with Crippen molar-refractivity contribution < 1.29 is 32.2 Å². The number of hydrogen-bond donors (Lipinski definition) is 1. The van der Waals surface area contributed by atoms with Crippen LogP contribution in [0, 0.1) is 4.77 Å². The highest BCUT2D eigenvalue weighted by molar-refractivity contribution is 7.89. The number of carbonyl (C=O) groups excluding carboxylic acids is 2. The summed E-state index contributed by atoms with van der Waals surface area (Å²) < 4.78 is 42.5. The Morgan fingerprint density at radius 3 is 1.91 bits per heavy atom. The Kier molecular flexibility index (Phi) is 9.20. The van der Waals surface area contributed by atoms with Crippen LogP contribution in [0.5, 0.6) is 5.75 Å². The highest BCUT2D eigenvalue weighted by atomic mass is 32.2. The van der Waals surface area contributed by atoms with Gasteiger partial charge in [-0.1, -0.05) is 24.3 Å². The first-order chi connectivity index (χ1) is 22.3. The second-order valence-corrected chi connectivity index (χ2v) is 12.6. The van der Waals surface area contributed by atoms with E-state index < -0.39 is 33.4 Å². The summed E-state index contributed by atoms with van der Waals surface area (Å²) in [5.41, 5.74) is 2.44. The van der Waals surface area contributed by atoms with Crippen LogP contribution in [-0.2, 0) is 35.8 Å². The molecule has 4 aromatic rings. The van der Waals surface area contributed by atoms with Gasteiger partial charge in [-0.3, -0.25) is 13.9 Å². The number of esters is 2. The number of hydrogen-bond acceptors (Lipinski definition) is 10. The van der Waals surface area contributed by atoms with Gasteiger partial charge in [-0.2, -0.15) is 0 Å². The van der Waals surface area contributed by atoms with E-state index in [4.69, 9.17) is 31.6 Å². The molecule has 0 spiro atoms. The van der Waals surface area contributed by atoms with E-state index in [-0.39, 0.29) is 27.5 Å². The largest absolute Gasteiger partial charge is 0.497 e. The number of methoxy groups -OCH3 is 3. The molecule has 2 heterocycles. The van der Waals surface area contributed by atoms with Gasteiger partial charge >= 0.3 is 11.9 Å². The lowest BCUT2D eigenvalue weighted by Gasteiger charge is -2.38. The van der Waals surface area contributed by atoms with Crippen molar-refractivity contribution in [1.82, 2.24) is 14.0 Å². The first-order valence-corrected chi connectivity index (χ1v) is 16.2. The fourth-order valence-electron chi connectivity index (χ4n) is 5.81. The van der Waals surface area contributed by atoms with E-state index in [1.54, 1.807) is 79.0 Å². The van der Waals surface area contributed by atoms with Crippen molar-refractivity contribution in [3.8, 4) is 11.4 Å². The number of nitrogens with two attached hydrogens (primary N) is 1. The molecule has 0 aliphatic carbocycles. The maximum atomic E-state index is 13.8. The second kappa shape index (κ2) is 13.0. The molecule has 0 saturated carbocycles. The van der Waals surface area contributed by atoms with E-state index >= 15 is 0 Å². The van der Waals surface area contributed by atoms with Crippen molar-refractivity contribution >= 4 is 45.1 Å². The van der Waals surface area contributed by atoms with Crippen LogP contribution in [0.2, 0.25) is 0 Å². The average molecular weight is 677 g/mol. The third-order valence-electron chi connectivity index (χ3n) is 8.18. The van der Waals surface area contributed by atoms with Crippen LogP contribution in [0.15, 0.2) is 105 Å². The fourth-order valence-corrected chi connectivity index (χ4v) is 6.67. The Morgan fingerprint density at radius 2 is 1.40 bits per heavy atom. The molecule has 1 aromatic heterocycles. The molecule has 12 nitrogen and oxygen atoms in total. The molecule has 3 aromatic carbocycles. The molecule has 14 heteroatoms. The molecule has 1 aliphatic heterocycles. The van der Waals surface area contributed by atoms with Gasteiger partial charge in [-0.15, -0.1) is 0 Å². The molecule has 1 aliphatic rings. The van der Waals surface area contributed by atoms with Gasteiger partial charge < -0.3 is 19.1 Å². The molecule has 0 radical (unpaired) electrons. The molecule has 244 valence electrons. The summed E-state index contributed by atoms with van der Waals surface area (Å²) in [4.78, 5) is 42.4. The molecular formula is C33H32N4O8S2. The second-order valence-electron chi connectivity index (χ2n) is 10.7. The number of benzene rings is 3. The van der Waals surface area contributed by atoms with Crippen LogP contribution in [0.1, 0.15) is 25.3 Å². The van der Waals surface area contributed by atoms with E-state index in [0.717, 1.165) is 0 Å². The average Bonchev–Trinajstić information content (AvgIpc) is 3.07. The zero-order chi connectivity index (χ0) is 34.2. The van der Waals surface area contributed by atoms with Gasteiger partial charge in [0.1, 0.15) is 12.4 Å². The lowest BCUT2D eigenvalue weighted by molar-refractivity contribution is -0.137. The lowest BCUT2D eigenvalue weighted by Crippen LogP contribution is -2.37. The summed E-state index contributed by atoms with van der Waals surface area (Å²) in [7, 11) is 0.101. The monoisotopic (exact) mass is 676 g/mol. The van der Waals surface area contributed by atoms with E-state index in [9.17, 15) is 22.8 Å². The maximum Gasteiger partial charge on any atom is 0.336 e. The molecule has 2 N–H and O–H groups in total. The van der Waals surface area contributed by atoms with Crippen molar-refractivity contribution in [2.24, 2.45) is 5.14 Å². The molecule has 5 rings (SSSR count). The standard InChI is InChI=1S/C33H32N4O8S2/c1-19-27(31(39)44-4)29(21-10-14-23(43-3)15-11-21)28(32(40)45-5)20(2)35(19)18-36-26-9-7-6-8-25(26)30(38)37(33(36)46)22-12-16-24(17-13-22)47(34,41)42/h6-17,29H,18H2,1-5H3,(H2,34,41,42). The van der Waals surface area contributed by atoms with Crippen LogP contribution in [0.4, 0.5) is 0 Å². The molecule has 0 bridgehead atoms. The number of rotatable bonds is 8. The Labute approximate surface area is 275 Å². The summed E-state index contributed by atoms with van der Waals surface area (Å²) in [6.07, 6.45) is 0. The van der Waals surface area contributed by atoms with Crippen LogP contribution in [0.25, 0.3) is 16.6 Å². The minimum atomic E-state index is -3.97. The van der Waals surface area contributed by atoms with Crippen LogP contribution in [-0.4, -0.2) is 55.7 Å². The van der Waals surface area contributed by atoms with E-state index in [2.05, 4.69) is 0 Å². The molecular weight excluding hydrogens is 645 g/mol. The number of ether oxygens (including phenoxy) is 3. The van der Waals surface area contributed by atoms with E-state index in [1.807, 2.05) is 0 Å². The molecule has 0 atom stereocenters. The summed E-state index contributed by atoms with van der Waals surface area (Å²) in [6, 6.07) is 19.4. The van der Waals surface area contributed by atoms with Gasteiger partial charge in [0.05, 0.1) is 59.9 Å². The molecule has 0 saturated heterocycles. The minimum absolute atomic E-state index is 0.0249. The third-order valence-corrected chi connectivity index (χ3v) is 9.52. The van der Waals surface area contributed by atoms with Crippen molar-refractivity contribution in [2.75, 3.05) is 21.3 Å². The molecule has 47 heavy (non-hydrogen) atoms. The Morgan fingerprint density at radius 1 is 0.851 bits per heavy atom. The Hall–Kier alpha value is -5.05. The predicted molar refractivity (Wildman–Crippen MR) is 177 cm³/mol. The number of primary sulfonamides is 1. The number of fused-ring (bicyclic) bond motifs is 1. The SMILES string of the molecule is COC(=O)C1=C(C)N(Cn2c(=S)n(-c3ccc(S(N)(=O)=O)cc3)c(=O)c3ccccc32)C(C)=C(C(=O)OC)C1c1ccc(OC)cc1. The highest BCUT2D eigenvalue weighted by Gasteiger charge is 2.40. The fraction of sp³-hybridized carbons (Fsp3) is 0.212. The summed E-state index contributed by atoms with van der Waals surface area (Å²) in [5.74, 6) is -1.51. The topological polar surface area (TPSA) is 152 Å². The van der Waals surface area contributed by atoms with Gasteiger partial charge in [0.2, 0.25) is 10.0 Å². The van der Waals surface area contributed by atoms with Gasteiger partial charge in [-0.25, -0.2) is 23.1 Å². The van der Waals surface area contributed by atoms with Crippen LogP contribution in [0.3, 0.4) is 0 Å². The Balaban J connectivity index is 1.76. The highest BCUT2D eigenvalue weighted by Crippen LogP contribution is 2.43. The van der Waals surface area contributed by atoms with E-state index in [1.165, 1.54) is 43.1 Å². The first-order valence-electron chi connectivity index (χ1n) is 14.2. The molecule has 0 fully saturated rings. The zero-order valence-corrected chi connectivity index (χ0v) is 27.8.